The van der Waals surface area contributed by atoms with E-state index in [1.54, 1.807) is 4.68 Å². The van der Waals surface area contributed by atoms with Crippen molar-refractivity contribution in [1.82, 2.24) is 24.9 Å². The van der Waals surface area contributed by atoms with Crippen LogP contribution in [-0.2, 0) is 19.5 Å². The first-order valence-corrected chi connectivity index (χ1v) is 6.44. The topological polar surface area (TPSA) is 72.9 Å². The van der Waals surface area contributed by atoms with Gasteiger partial charge in [0.2, 0.25) is 0 Å². The Bertz CT molecular complexity index is 481. The number of pyridine rings is 1. The van der Waals surface area contributed by atoms with Crippen LogP contribution in [0.1, 0.15) is 11.3 Å². The molecule has 0 saturated carbocycles. The van der Waals surface area contributed by atoms with Crippen LogP contribution in [0.2, 0.25) is 0 Å². The van der Waals surface area contributed by atoms with E-state index in [4.69, 9.17) is 5.73 Å². The Labute approximate surface area is 113 Å². The standard InChI is InChI=1S/C13H20N6/c1-18(8-4-12-2-6-15-7-3-12)10-13-11-19(9-5-14)17-16-13/h2-3,6-7,11H,4-5,8-10,14H2,1H3. The van der Waals surface area contributed by atoms with Crippen LogP contribution >= 0.6 is 0 Å². The maximum absolute atomic E-state index is 5.48. The van der Waals surface area contributed by atoms with E-state index in [1.165, 1.54) is 5.56 Å². The normalized spacial score (nSPS) is 11.1. The lowest BCUT2D eigenvalue weighted by molar-refractivity contribution is 0.327. The molecule has 102 valence electrons. The number of hydrogen-bond acceptors (Lipinski definition) is 5. The SMILES string of the molecule is CN(CCc1ccncc1)Cc1cn(CCN)nn1. The van der Waals surface area contributed by atoms with Crippen molar-refractivity contribution in [2.75, 3.05) is 20.1 Å². The zero-order valence-corrected chi connectivity index (χ0v) is 11.2. The predicted molar refractivity (Wildman–Crippen MR) is 73.4 cm³/mol. The molecule has 0 bridgehead atoms. The summed E-state index contributed by atoms with van der Waals surface area (Å²) in [4.78, 5) is 6.25. The monoisotopic (exact) mass is 260 g/mol. The van der Waals surface area contributed by atoms with Crippen molar-refractivity contribution in [2.24, 2.45) is 5.73 Å². The second-order valence-electron chi connectivity index (χ2n) is 4.60. The van der Waals surface area contributed by atoms with Crippen molar-refractivity contribution in [2.45, 2.75) is 19.5 Å². The van der Waals surface area contributed by atoms with E-state index in [1.807, 2.05) is 30.7 Å². The van der Waals surface area contributed by atoms with E-state index in [0.29, 0.717) is 13.1 Å². The van der Waals surface area contributed by atoms with Crippen LogP contribution in [0.5, 0.6) is 0 Å². The van der Waals surface area contributed by atoms with Crippen molar-refractivity contribution in [3.8, 4) is 0 Å². The molecule has 0 fully saturated rings. The smallest absolute Gasteiger partial charge is 0.0967 e. The van der Waals surface area contributed by atoms with Gasteiger partial charge in [0.05, 0.1) is 12.2 Å². The van der Waals surface area contributed by atoms with Crippen LogP contribution in [0.3, 0.4) is 0 Å². The third kappa shape index (κ3) is 4.42. The highest BCUT2D eigenvalue weighted by Crippen LogP contribution is 2.02. The van der Waals surface area contributed by atoms with Gasteiger partial charge in [-0.05, 0) is 31.2 Å². The third-order valence-electron chi connectivity index (χ3n) is 2.91. The van der Waals surface area contributed by atoms with E-state index in [2.05, 4.69) is 27.2 Å². The lowest BCUT2D eigenvalue weighted by atomic mass is 10.2. The molecule has 0 radical (unpaired) electrons. The summed E-state index contributed by atoms with van der Waals surface area (Å²) < 4.78 is 1.78. The highest BCUT2D eigenvalue weighted by molar-refractivity contribution is 5.09. The molecule has 2 heterocycles. The summed E-state index contributed by atoms with van der Waals surface area (Å²) >= 11 is 0. The molecule has 6 heteroatoms. The van der Waals surface area contributed by atoms with Crippen LogP contribution in [-0.4, -0.2) is 45.0 Å². The van der Waals surface area contributed by atoms with Gasteiger partial charge < -0.3 is 10.6 Å². The fraction of sp³-hybridized carbons (Fsp3) is 0.462. The van der Waals surface area contributed by atoms with Gasteiger partial charge in [-0.25, -0.2) is 0 Å². The summed E-state index contributed by atoms with van der Waals surface area (Å²) in [5.74, 6) is 0. The van der Waals surface area contributed by atoms with E-state index < -0.39 is 0 Å². The minimum atomic E-state index is 0.584. The summed E-state index contributed by atoms with van der Waals surface area (Å²) in [7, 11) is 2.09. The Kier molecular flexibility index (Phi) is 5.00. The van der Waals surface area contributed by atoms with Crippen molar-refractivity contribution in [1.29, 1.82) is 0 Å². The average Bonchev–Trinajstić information content (AvgIpc) is 2.85. The van der Waals surface area contributed by atoms with Crippen molar-refractivity contribution in [3.05, 3.63) is 42.0 Å². The summed E-state index contributed by atoms with van der Waals surface area (Å²) in [5.41, 5.74) is 7.76. The highest BCUT2D eigenvalue weighted by atomic mass is 15.4. The summed E-state index contributed by atoms with van der Waals surface area (Å²) in [5, 5.41) is 8.16. The lowest BCUT2D eigenvalue weighted by Gasteiger charge is -2.14. The minimum absolute atomic E-state index is 0.584. The van der Waals surface area contributed by atoms with Gasteiger partial charge in [-0.2, -0.15) is 0 Å². The number of nitrogens with two attached hydrogens (primary N) is 1. The predicted octanol–water partition coefficient (Wildman–Crippen LogP) is 0.306. The fourth-order valence-corrected chi connectivity index (χ4v) is 1.88. The number of likely N-dealkylation sites (N-methyl/N-ethyl adjacent to an activating group) is 1. The van der Waals surface area contributed by atoms with Gasteiger partial charge in [-0.1, -0.05) is 5.21 Å². The molecule has 2 aromatic heterocycles. The Morgan fingerprint density at radius 2 is 2.11 bits per heavy atom. The molecule has 19 heavy (non-hydrogen) atoms. The number of hydrogen-bond donors (Lipinski definition) is 1. The average molecular weight is 260 g/mol. The molecular weight excluding hydrogens is 240 g/mol. The first-order chi connectivity index (χ1) is 9.28. The second kappa shape index (κ2) is 6.96. The quantitative estimate of drug-likeness (QED) is 0.775. The molecule has 0 unspecified atom stereocenters. The van der Waals surface area contributed by atoms with Gasteiger partial charge in [0.25, 0.3) is 0 Å². The van der Waals surface area contributed by atoms with Crippen molar-refractivity contribution >= 4 is 0 Å². The number of rotatable bonds is 7. The molecule has 0 aliphatic carbocycles. The molecule has 0 aromatic carbocycles. The fourth-order valence-electron chi connectivity index (χ4n) is 1.88. The molecule has 0 amide bonds. The molecule has 2 rings (SSSR count). The molecule has 0 saturated heterocycles. The van der Waals surface area contributed by atoms with Crippen molar-refractivity contribution in [3.63, 3.8) is 0 Å². The van der Waals surface area contributed by atoms with Gasteiger partial charge in [-0.15, -0.1) is 5.10 Å². The zero-order chi connectivity index (χ0) is 13.5. The molecule has 6 nitrogen and oxygen atoms in total. The van der Waals surface area contributed by atoms with E-state index >= 15 is 0 Å². The molecule has 2 aromatic rings. The summed E-state index contributed by atoms with van der Waals surface area (Å²) in [6.45, 7) is 3.08. The molecule has 0 spiro atoms. The van der Waals surface area contributed by atoms with E-state index in [9.17, 15) is 0 Å². The van der Waals surface area contributed by atoms with Gasteiger partial charge in [0.1, 0.15) is 0 Å². The van der Waals surface area contributed by atoms with Crippen molar-refractivity contribution < 1.29 is 0 Å². The molecule has 0 atom stereocenters. The van der Waals surface area contributed by atoms with Crippen LogP contribution in [0.25, 0.3) is 0 Å². The minimum Gasteiger partial charge on any atom is -0.329 e. The molecular formula is C13H20N6. The van der Waals surface area contributed by atoms with Crippen LogP contribution in [0.15, 0.2) is 30.7 Å². The van der Waals surface area contributed by atoms with Gasteiger partial charge in [-0.3, -0.25) is 9.67 Å². The first kappa shape index (κ1) is 13.6. The molecule has 0 aliphatic rings. The van der Waals surface area contributed by atoms with Crippen LogP contribution in [0.4, 0.5) is 0 Å². The summed E-state index contributed by atoms with van der Waals surface area (Å²) in [6, 6.07) is 4.09. The zero-order valence-electron chi connectivity index (χ0n) is 11.2. The summed E-state index contributed by atoms with van der Waals surface area (Å²) in [6.07, 6.45) is 6.62. The molecule has 2 N–H and O–H groups in total. The third-order valence-corrected chi connectivity index (χ3v) is 2.91. The Hall–Kier alpha value is -1.79. The van der Waals surface area contributed by atoms with Gasteiger partial charge >= 0.3 is 0 Å². The molecule has 0 aliphatic heterocycles. The van der Waals surface area contributed by atoms with Crippen LogP contribution in [0, 0.1) is 0 Å². The lowest BCUT2D eigenvalue weighted by Crippen LogP contribution is -2.21. The maximum atomic E-state index is 5.48. The van der Waals surface area contributed by atoms with Crippen LogP contribution < -0.4 is 5.73 Å². The maximum Gasteiger partial charge on any atom is 0.0967 e. The van der Waals surface area contributed by atoms with Gasteiger partial charge in [0.15, 0.2) is 0 Å². The highest BCUT2D eigenvalue weighted by Gasteiger charge is 2.05. The van der Waals surface area contributed by atoms with E-state index in [-0.39, 0.29) is 0 Å². The largest absolute Gasteiger partial charge is 0.329 e. The van der Waals surface area contributed by atoms with E-state index in [0.717, 1.165) is 25.2 Å². The second-order valence-corrected chi connectivity index (χ2v) is 4.60. The Morgan fingerprint density at radius 1 is 1.32 bits per heavy atom. The number of aromatic nitrogens is 4. The number of nitrogens with zero attached hydrogens (tertiary/aromatic N) is 5. The Morgan fingerprint density at radius 3 is 2.84 bits per heavy atom. The van der Waals surface area contributed by atoms with Gasteiger partial charge in [0, 0.05) is 38.2 Å². The first-order valence-electron chi connectivity index (χ1n) is 6.44. The Balaban J connectivity index is 1.78.